The van der Waals surface area contributed by atoms with E-state index in [0.717, 1.165) is 41.8 Å². The van der Waals surface area contributed by atoms with Gasteiger partial charge in [0.1, 0.15) is 0 Å². The minimum absolute atomic E-state index is 0.0103. The van der Waals surface area contributed by atoms with Gasteiger partial charge in [0.05, 0.1) is 17.4 Å². The number of anilines is 1. The molecule has 2 aromatic heterocycles. The molecule has 2 heterocycles. The normalized spacial score (nSPS) is 14.6. The zero-order valence-corrected chi connectivity index (χ0v) is 12.0. The minimum Gasteiger partial charge on any atom is -0.493 e. The van der Waals surface area contributed by atoms with Crippen LogP contribution in [0.15, 0.2) is 6.20 Å². The number of nitrogen functional groups attached to an aromatic ring is 1. The van der Waals surface area contributed by atoms with Crippen molar-refractivity contribution in [1.29, 1.82) is 0 Å². The second kappa shape index (κ2) is 4.19. The Bertz CT molecular complexity index is 669. The minimum atomic E-state index is -0.0846. The molecule has 0 aliphatic heterocycles. The molecule has 0 amide bonds. The third-order valence-corrected chi connectivity index (χ3v) is 3.60. The lowest BCUT2D eigenvalue weighted by Crippen LogP contribution is -2.25. The molecule has 106 valence electrons. The monoisotopic (exact) mass is 273 g/mol. The quantitative estimate of drug-likeness (QED) is 0.764. The molecule has 0 radical (unpaired) electrons. The summed E-state index contributed by atoms with van der Waals surface area (Å²) in [6.45, 7) is 6.37. The van der Waals surface area contributed by atoms with Crippen molar-refractivity contribution < 1.29 is 5.11 Å². The van der Waals surface area contributed by atoms with Gasteiger partial charge in [0.25, 0.3) is 0 Å². The first kappa shape index (κ1) is 12.9. The van der Waals surface area contributed by atoms with Crippen molar-refractivity contribution in [3.05, 3.63) is 17.5 Å². The SMILES string of the molecule is CC(C)(C)n1ncc2c1CCCc1c(O)nc(N)nc1-2. The van der Waals surface area contributed by atoms with Gasteiger partial charge in [-0.25, -0.2) is 4.98 Å². The lowest BCUT2D eigenvalue weighted by atomic mass is 10.1. The molecule has 3 rings (SSSR count). The molecule has 0 saturated heterocycles. The Hall–Kier alpha value is -2.11. The van der Waals surface area contributed by atoms with Crippen molar-refractivity contribution in [3.8, 4) is 17.1 Å². The average molecular weight is 273 g/mol. The van der Waals surface area contributed by atoms with Gasteiger partial charge in [-0.3, -0.25) is 4.68 Å². The van der Waals surface area contributed by atoms with E-state index in [9.17, 15) is 5.11 Å². The number of nitrogens with zero attached hydrogens (tertiary/aromatic N) is 4. The topological polar surface area (TPSA) is 89.8 Å². The van der Waals surface area contributed by atoms with Gasteiger partial charge in [0.2, 0.25) is 11.8 Å². The van der Waals surface area contributed by atoms with Crippen molar-refractivity contribution in [2.24, 2.45) is 0 Å². The van der Waals surface area contributed by atoms with Crippen LogP contribution in [0.4, 0.5) is 5.95 Å². The first-order valence-corrected chi connectivity index (χ1v) is 6.81. The summed E-state index contributed by atoms with van der Waals surface area (Å²) in [6.07, 6.45) is 4.40. The largest absolute Gasteiger partial charge is 0.493 e. The van der Waals surface area contributed by atoms with Crippen LogP contribution in [0, 0.1) is 0 Å². The summed E-state index contributed by atoms with van der Waals surface area (Å²) < 4.78 is 2.03. The predicted octanol–water partition coefficient (Wildman–Crippen LogP) is 1.87. The zero-order chi connectivity index (χ0) is 14.5. The molecular formula is C14H19N5O. The lowest BCUT2D eigenvalue weighted by molar-refractivity contribution is 0.343. The molecule has 20 heavy (non-hydrogen) atoms. The molecule has 0 atom stereocenters. The first-order chi connectivity index (χ1) is 9.38. The maximum Gasteiger partial charge on any atom is 0.223 e. The molecule has 0 unspecified atom stereocenters. The summed E-state index contributed by atoms with van der Waals surface area (Å²) in [5.74, 6) is 0.0847. The zero-order valence-electron chi connectivity index (χ0n) is 12.0. The van der Waals surface area contributed by atoms with Gasteiger partial charge < -0.3 is 10.8 Å². The van der Waals surface area contributed by atoms with Crippen molar-refractivity contribution in [2.45, 2.75) is 45.6 Å². The number of hydrogen-bond acceptors (Lipinski definition) is 5. The van der Waals surface area contributed by atoms with Gasteiger partial charge in [0, 0.05) is 16.8 Å². The van der Waals surface area contributed by atoms with Crippen LogP contribution in [0.2, 0.25) is 0 Å². The third kappa shape index (κ3) is 1.92. The fourth-order valence-corrected chi connectivity index (χ4v) is 2.76. The van der Waals surface area contributed by atoms with Crippen molar-refractivity contribution in [3.63, 3.8) is 0 Å². The standard InChI is InChI=1S/C14H19N5O/c1-14(2,3)19-10-6-4-5-8-11(9(10)7-16-19)17-13(15)18-12(8)20/h7H,4-6H2,1-3H3,(H3,15,17,18,20). The molecule has 1 aliphatic carbocycles. The van der Waals surface area contributed by atoms with Crippen LogP contribution in [-0.2, 0) is 18.4 Å². The van der Waals surface area contributed by atoms with Crippen LogP contribution < -0.4 is 5.73 Å². The van der Waals surface area contributed by atoms with E-state index in [1.165, 1.54) is 0 Å². The molecule has 0 bridgehead atoms. The summed E-state index contributed by atoms with van der Waals surface area (Å²) in [4.78, 5) is 8.18. The van der Waals surface area contributed by atoms with E-state index in [1.54, 1.807) is 0 Å². The Morgan fingerprint density at radius 3 is 2.70 bits per heavy atom. The number of rotatable bonds is 0. The van der Waals surface area contributed by atoms with Gasteiger partial charge in [0.15, 0.2) is 0 Å². The van der Waals surface area contributed by atoms with Gasteiger partial charge in [-0.2, -0.15) is 10.1 Å². The summed E-state index contributed by atoms with van der Waals surface area (Å²) in [6, 6.07) is 0. The Morgan fingerprint density at radius 1 is 1.25 bits per heavy atom. The lowest BCUT2D eigenvalue weighted by Gasteiger charge is -2.22. The maximum absolute atomic E-state index is 10.00. The molecule has 0 fully saturated rings. The van der Waals surface area contributed by atoms with Gasteiger partial charge in [-0.1, -0.05) is 0 Å². The van der Waals surface area contributed by atoms with Crippen LogP contribution in [0.5, 0.6) is 5.88 Å². The summed E-state index contributed by atoms with van der Waals surface area (Å²) >= 11 is 0. The molecule has 2 aromatic rings. The second-order valence-corrected chi connectivity index (χ2v) is 6.17. The number of aromatic nitrogens is 4. The Morgan fingerprint density at radius 2 is 2.00 bits per heavy atom. The predicted molar refractivity (Wildman–Crippen MR) is 76.4 cm³/mol. The Labute approximate surface area is 117 Å². The van der Waals surface area contributed by atoms with Crippen LogP contribution in [0.1, 0.15) is 38.4 Å². The van der Waals surface area contributed by atoms with Gasteiger partial charge in [-0.05, 0) is 40.0 Å². The van der Waals surface area contributed by atoms with E-state index in [1.807, 2.05) is 10.9 Å². The fraction of sp³-hybridized carbons (Fsp3) is 0.500. The molecule has 0 aromatic carbocycles. The molecule has 0 spiro atoms. The van der Waals surface area contributed by atoms with Crippen LogP contribution in [-0.4, -0.2) is 24.9 Å². The summed E-state index contributed by atoms with van der Waals surface area (Å²) in [5, 5.41) is 14.5. The molecule has 3 N–H and O–H groups in total. The van der Waals surface area contributed by atoms with Crippen molar-refractivity contribution in [2.75, 3.05) is 5.73 Å². The first-order valence-electron chi connectivity index (χ1n) is 6.81. The highest BCUT2D eigenvalue weighted by atomic mass is 16.3. The van der Waals surface area contributed by atoms with E-state index in [0.29, 0.717) is 0 Å². The van der Waals surface area contributed by atoms with Crippen molar-refractivity contribution >= 4 is 5.95 Å². The Balaban J connectivity index is 2.26. The highest BCUT2D eigenvalue weighted by Gasteiger charge is 2.27. The molecular weight excluding hydrogens is 254 g/mol. The molecule has 6 heteroatoms. The summed E-state index contributed by atoms with van der Waals surface area (Å²) in [5.41, 5.74) is 9.18. The van der Waals surface area contributed by atoms with Crippen LogP contribution >= 0.6 is 0 Å². The van der Waals surface area contributed by atoms with Gasteiger partial charge >= 0.3 is 0 Å². The smallest absolute Gasteiger partial charge is 0.223 e. The van der Waals surface area contributed by atoms with Crippen molar-refractivity contribution in [1.82, 2.24) is 19.7 Å². The molecule has 1 aliphatic rings. The van der Waals surface area contributed by atoms with E-state index >= 15 is 0 Å². The number of fused-ring (bicyclic) bond motifs is 3. The van der Waals surface area contributed by atoms with E-state index in [2.05, 4.69) is 35.8 Å². The third-order valence-electron chi connectivity index (χ3n) is 3.60. The average Bonchev–Trinajstić information content (AvgIpc) is 2.67. The number of nitrogens with two attached hydrogens (primary N) is 1. The van der Waals surface area contributed by atoms with E-state index < -0.39 is 0 Å². The maximum atomic E-state index is 10.00. The summed E-state index contributed by atoms with van der Waals surface area (Å²) in [7, 11) is 0. The van der Waals surface area contributed by atoms with Crippen LogP contribution in [0.25, 0.3) is 11.3 Å². The second-order valence-electron chi connectivity index (χ2n) is 6.17. The van der Waals surface area contributed by atoms with E-state index in [4.69, 9.17) is 5.73 Å². The van der Waals surface area contributed by atoms with E-state index in [-0.39, 0.29) is 17.4 Å². The number of aromatic hydroxyl groups is 1. The highest BCUT2D eigenvalue weighted by Crippen LogP contribution is 2.36. The molecule has 0 saturated carbocycles. The highest BCUT2D eigenvalue weighted by molar-refractivity contribution is 5.69. The fourth-order valence-electron chi connectivity index (χ4n) is 2.76. The van der Waals surface area contributed by atoms with Gasteiger partial charge in [-0.15, -0.1) is 0 Å². The molecule has 6 nitrogen and oxygen atoms in total. The Kier molecular flexibility index (Phi) is 2.70. The number of hydrogen-bond donors (Lipinski definition) is 2. The van der Waals surface area contributed by atoms with Crippen LogP contribution in [0.3, 0.4) is 0 Å².